The van der Waals surface area contributed by atoms with Gasteiger partial charge >= 0.3 is 14.2 Å². The minimum absolute atomic E-state index is 0.208. The number of hydrogen-bond acceptors (Lipinski definition) is 8. The van der Waals surface area contributed by atoms with Crippen molar-refractivity contribution in [2.45, 2.75) is 0 Å². The first-order valence-corrected chi connectivity index (χ1v) is 5.98. The summed E-state index contributed by atoms with van der Waals surface area (Å²) >= 11 is 0. The van der Waals surface area contributed by atoms with Crippen LogP contribution in [-0.4, -0.2) is 60.7 Å². The van der Waals surface area contributed by atoms with E-state index in [0.29, 0.717) is 0 Å². The van der Waals surface area contributed by atoms with Gasteiger partial charge in [-0.3, -0.25) is 0 Å². The predicted octanol–water partition coefficient (Wildman–Crippen LogP) is -6.37. The van der Waals surface area contributed by atoms with E-state index in [1.165, 1.54) is 0 Å². The first-order chi connectivity index (χ1) is 8.43. The molecule has 3 heterocycles. The molecule has 8 nitrogen and oxygen atoms in total. The Kier molecular flexibility index (Phi) is 3.69. The van der Waals surface area contributed by atoms with Crippen LogP contribution in [0.5, 0.6) is 0 Å². The molecule has 3 aliphatic rings. The van der Waals surface area contributed by atoms with Gasteiger partial charge in [-0.05, 0) is 0 Å². The second-order valence-electron chi connectivity index (χ2n) is 4.30. The number of hydrogen-bond donors (Lipinski definition) is 6. The van der Waals surface area contributed by atoms with Crippen molar-refractivity contribution >= 4 is 44.4 Å². The third kappa shape index (κ3) is 2.67. The fourth-order valence-electron chi connectivity index (χ4n) is 2.20. The molecule has 0 radical (unpaired) electrons. The third-order valence-corrected chi connectivity index (χ3v) is 3.12. The van der Waals surface area contributed by atoms with Gasteiger partial charge in [0.25, 0.3) is 30.2 Å². The van der Waals surface area contributed by atoms with Gasteiger partial charge < -0.3 is 40.5 Å². The second-order valence-corrected chi connectivity index (χ2v) is 4.30. The summed E-state index contributed by atoms with van der Waals surface area (Å²) in [7, 11) is 3.77. The second kappa shape index (κ2) is 5.42. The summed E-state index contributed by atoms with van der Waals surface area (Å²) < 4.78 is 0. The molecule has 2 fully saturated rings. The first-order valence-electron chi connectivity index (χ1n) is 5.98. The molecule has 14 heteroatoms. The minimum Gasteiger partial charge on any atom is -0.377 e. The van der Waals surface area contributed by atoms with Gasteiger partial charge in [0, 0.05) is 12.4 Å². The van der Waals surface area contributed by atoms with Gasteiger partial charge in [0.05, 0.1) is 6.67 Å². The van der Waals surface area contributed by atoms with Gasteiger partial charge in [0.2, 0.25) is 0 Å². The van der Waals surface area contributed by atoms with Crippen LogP contribution in [0.1, 0.15) is 0 Å². The fraction of sp³-hybridized carbons (Fsp3) is 0.333. The van der Waals surface area contributed by atoms with Crippen LogP contribution in [0.25, 0.3) is 0 Å². The van der Waals surface area contributed by atoms with Gasteiger partial charge in [-0.15, -0.1) is 0 Å². The summed E-state index contributed by atoms with van der Waals surface area (Å²) in [5.74, 6) is 0. The molecule has 0 aliphatic carbocycles. The summed E-state index contributed by atoms with van der Waals surface area (Å²) in [5.41, 5.74) is 0. The normalized spacial score (nSPS) is 24.0. The molecule has 0 aromatic carbocycles. The van der Waals surface area contributed by atoms with Crippen LogP contribution in [-0.2, 0) is 0 Å². The van der Waals surface area contributed by atoms with E-state index in [2.05, 4.69) is 52.9 Å². The van der Waals surface area contributed by atoms with E-state index < -0.39 is 0 Å². The van der Waals surface area contributed by atoms with Gasteiger partial charge in [0.1, 0.15) is 0 Å². The van der Waals surface area contributed by atoms with Crippen molar-refractivity contribution in [3.8, 4) is 0 Å². The summed E-state index contributed by atoms with van der Waals surface area (Å²) in [4.78, 5) is 4.48. The lowest BCUT2D eigenvalue weighted by Crippen LogP contribution is -2.72. The Morgan fingerprint density at radius 1 is 0.765 bits per heavy atom. The zero-order chi connectivity index (χ0) is 11.5. The molecular formula is C3H14B6N8. The Morgan fingerprint density at radius 3 is 1.59 bits per heavy atom. The molecule has 6 N–H and O–H groups in total. The average Bonchev–Trinajstić information content (AvgIpc) is 2.90. The minimum atomic E-state index is 0.208. The van der Waals surface area contributed by atoms with Crippen LogP contribution >= 0.6 is 0 Å². The predicted molar refractivity (Wildman–Crippen MR) is 76.6 cm³/mol. The van der Waals surface area contributed by atoms with Crippen LogP contribution < -0.4 is 30.8 Å². The molecule has 0 bridgehead atoms. The smallest absolute Gasteiger partial charge is 0.377 e. The van der Waals surface area contributed by atoms with Crippen LogP contribution in [0.15, 0.2) is 12.4 Å². The van der Waals surface area contributed by atoms with Gasteiger partial charge in [-0.25, -0.2) is 0 Å². The average molecular weight is 227 g/mol. The maximum absolute atomic E-state index is 3.36. The van der Waals surface area contributed by atoms with Crippen molar-refractivity contribution in [3.05, 3.63) is 12.4 Å². The topological polar surface area (TPSA) is 78.7 Å². The van der Waals surface area contributed by atoms with Crippen LogP contribution in [0.4, 0.5) is 0 Å². The van der Waals surface area contributed by atoms with Crippen molar-refractivity contribution in [2.24, 2.45) is 0 Å². The molecule has 0 atom stereocenters. The van der Waals surface area contributed by atoms with Crippen molar-refractivity contribution in [2.75, 3.05) is 6.67 Å². The van der Waals surface area contributed by atoms with E-state index in [1.54, 1.807) is 0 Å². The Hall–Kier alpha value is -0.510. The number of rotatable bonds is 2. The number of nitrogens with zero attached hydrogens (tertiary/aromatic N) is 2. The maximum atomic E-state index is 3.36. The van der Waals surface area contributed by atoms with Crippen molar-refractivity contribution in [3.63, 3.8) is 0 Å². The van der Waals surface area contributed by atoms with E-state index >= 15 is 0 Å². The van der Waals surface area contributed by atoms with Crippen LogP contribution in [0, 0.1) is 0 Å². The molecule has 0 spiro atoms. The highest BCUT2D eigenvalue weighted by Gasteiger charge is 2.33. The molecule has 2 saturated heterocycles. The van der Waals surface area contributed by atoms with Gasteiger partial charge in [-0.2, -0.15) is 0 Å². The highest BCUT2D eigenvalue weighted by Crippen LogP contribution is 2.07. The standard InChI is InChI=1S/C3H14B6N8/c1-2-17(9-14-6-11-7-15-9)3-16(1)8-12-4-10-5-13-8/h1-2,4-7,10-15H,3H2. The lowest BCUT2D eigenvalue weighted by molar-refractivity contribution is 0.453. The zero-order valence-electron chi connectivity index (χ0n) is 9.74. The van der Waals surface area contributed by atoms with E-state index in [4.69, 9.17) is 0 Å². The van der Waals surface area contributed by atoms with Crippen molar-refractivity contribution < 1.29 is 0 Å². The lowest BCUT2D eigenvalue weighted by Gasteiger charge is -2.33. The molecule has 17 heavy (non-hydrogen) atoms. The Morgan fingerprint density at radius 2 is 1.18 bits per heavy atom. The van der Waals surface area contributed by atoms with E-state index in [1.807, 2.05) is 0 Å². The summed E-state index contributed by atoms with van der Waals surface area (Å²) in [6.45, 7) is 0.870. The van der Waals surface area contributed by atoms with E-state index in [0.717, 1.165) is 36.9 Å². The fourth-order valence-corrected chi connectivity index (χ4v) is 2.20. The van der Waals surface area contributed by atoms with Crippen LogP contribution in [0.2, 0.25) is 0 Å². The van der Waals surface area contributed by atoms with Crippen LogP contribution in [0.3, 0.4) is 0 Å². The summed E-state index contributed by atoms with van der Waals surface area (Å²) in [5, 5.41) is 19.8. The van der Waals surface area contributed by atoms with E-state index in [9.17, 15) is 0 Å². The Balaban J connectivity index is 1.52. The first kappa shape index (κ1) is 11.6. The maximum Gasteiger partial charge on any atom is 0.411 e. The molecule has 3 rings (SSSR count). The summed E-state index contributed by atoms with van der Waals surface area (Å²) in [6.07, 6.45) is 4.22. The Labute approximate surface area is 104 Å². The zero-order valence-corrected chi connectivity index (χ0v) is 9.74. The third-order valence-electron chi connectivity index (χ3n) is 3.12. The molecule has 0 amide bonds. The van der Waals surface area contributed by atoms with E-state index in [-0.39, 0.29) is 14.2 Å². The molecule has 0 aromatic rings. The van der Waals surface area contributed by atoms with Gasteiger partial charge in [0.15, 0.2) is 0 Å². The highest BCUT2D eigenvalue weighted by atomic mass is 15.4. The Bertz CT molecular complexity index is 252. The largest absolute Gasteiger partial charge is 0.411 e. The summed E-state index contributed by atoms with van der Waals surface area (Å²) in [6, 6.07) is 0. The molecule has 0 unspecified atom stereocenters. The monoisotopic (exact) mass is 228 g/mol. The van der Waals surface area contributed by atoms with Crippen molar-refractivity contribution in [1.82, 2.24) is 40.5 Å². The lowest BCUT2D eigenvalue weighted by atomic mass is 9.73. The molecule has 0 aromatic heterocycles. The number of nitrogens with one attached hydrogen (secondary N) is 6. The molecule has 3 aliphatic heterocycles. The SMILES string of the molecule is B1NBNB(N2C=CN(B3NBNBN3)C2)N1. The quantitative estimate of drug-likeness (QED) is 0.260. The van der Waals surface area contributed by atoms with Crippen molar-refractivity contribution in [1.29, 1.82) is 0 Å². The highest BCUT2D eigenvalue weighted by molar-refractivity contribution is 6.75. The molecule has 0 saturated carbocycles. The van der Waals surface area contributed by atoms with Gasteiger partial charge in [-0.1, -0.05) is 0 Å². The molecule has 84 valence electrons. The molecular weight excluding hydrogens is 213 g/mol.